The van der Waals surface area contributed by atoms with Crippen molar-refractivity contribution in [2.75, 3.05) is 11.9 Å². The molecule has 3 aromatic heterocycles. The van der Waals surface area contributed by atoms with Gasteiger partial charge in [-0.2, -0.15) is 0 Å². The van der Waals surface area contributed by atoms with Gasteiger partial charge in [-0.15, -0.1) is 0 Å². The number of anilines is 2. The minimum Gasteiger partial charge on any atom is -0.457 e. The molecular weight excluding hydrogens is 514 g/mol. The van der Waals surface area contributed by atoms with Crippen LogP contribution in [-0.4, -0.2) is 47.4 Å². The lowest BCUT2D eigenvalue weighted by Crippen LogP contribution is -2.44. The van der Waals surface area contributed by atoms with E-state index in [-0.39, 0.29) is 11.4 Å². The maximum absolute atomic E-state index is 12.3. The molecule has 2 aromatic carbocycles. The molecular formula is C32H33N7O2. The maximum atomic E-state index is 12.3. The molecule has 0 saturated carbocycles. The lowest BCUT2D eigenvalue weighted by Gasteiger charge is -2.34. The number of imidazole rings is 1. The first-order chi connectivity index (χ1) is 19.6. The zero-order chi connectivity index (χ0) is 29.1. The van der Waals surface area contributed by atoms with Gasteiger partial charge in [-0.3, -0.25) is 4.79 Å². The van der Waals surface area contributed by atoms with Gasteiger partial charge in [-0.1, -0.05) is 12.7 Å². The van der Waals surface area contributed by atoms with Gasteiger partial charge in [0.15, 0.2) is 5.82 Å². The normalized spacial score (nSPS) is 11.7. The second-order valence-electron chi connectivity index (χ2n) is 10.8. The number of fused-ring (bicyclic) bond motifs is 2. The van der Waals surface area contributed by atoms with Gasteiger partial charge in [-0.25, -0.2) is 19.9 Å². The first kappa shape index (κ1) is 27.5. The molecule has 5 aromatic rings. The third-order valence-corrected chi connectivity index (χ3v) is 6.69. The molecule has 0 aliphatic heterocycles. The second-order valence-corrected chi connectivity index (χ2v) is 10.8. The number of carbonyl (C=O) groups is 1. The number of pyridine rings is 1. The topological polar surface area (TPSA) is 98.1 Å². The summed E-state index contributed by atoms with van der Waals surface area (Å²) in [5, 5.41) is 3.38. The van der Waals surface area contributed by atoms with Crippen molar-refractivity contribution in [1.29, 1.82) is 0 Å². The molecule has 3 heterocycles. The molecule has 0 radical (unpaired) electrons. The number of hydrogen-bond donors (Lipinski definition) is 1. The largest absolute Gasteiger partial charge is 0.457 e. The average molecular weight is 548 g/mol. The van der Waals surface area contributed by atoms with Crippen molar-refractivity contribution in [2.24, 2.45) is 7.05 Å². The Hall–Kier alpha value is -5.05. The molecule has 9 heteroatoms. The van der Waals surface area contributed by atoms with Gasteiger partial charge in [0.25, 0.3) is 0 Å². The van der Waals surface area contributed by atoms with Crippen molar-refractivity contribution in [3.05, 3.63) is 91.2 Å². The minimum absolute atomic E-state index is 0.116. The molecule has 1 N–H and O–H groups in total. The number of hydrogen-bond acceptors (Lipinski definition) is 7. The van der Waals surface area contributed by atoms with Gasteiger partial charge >= 0.3 is 0 Å². The number of amides is 1. The Balaban J connectivity index is 1.34. The van der Waals surface area contributed by atoms with Crippen LogP contribution in [0.2, 0.25) is 0 Å². The van der Waals surface area contributed by atoms with Crippen molar-refractivity contribution in [1.82, 2.24) is 29.4 Å². The smallest absolute Gasteiger partial charge is 0.246 e. The molecule has 5 rings (SSSR count). The predicted octanol–water partition coefficient (Wildman–Crippen LogP) is 6.58. The lowest BCUT2D eigenvalue weighted by molar-refractivity contribution is -0.129. The fourth-order valence-electron chi connectivity index (χ4n) is 4.51. The van der Waals surface area contributed by atoms with Crippen LogP contribution in [0.15, 0.2) is 79.9 Å². The molecule has 0 aliphatic carbocycles. The highest BCUT2D eigenvalue weighted by atomic mass is 16.5. The van der Waals surface area contributed by atoms with Crippen molar-refractivity contribution >= 4 is 45.6 Å². The Morgan fingerprint density at radius 1 is 1.07 bits per heavy atom. The van der Waals surface area contributed by atoms with E-state index in [0.29, 0.717) is 17.9 Å². The number of carbonyl (C=O) groups excluding carboxylic acids is 1. The van der Waals surface area contributed by atoms with Gasteiger partial charge in [0.05, 0.1) is 28.6 Å². The summed E-state index contributed by atoms with van der Waals surface area (Å²) in [4.78, 5) is 32.1. The summed E-state index contributed by atoms with van der Waals surface area (Å²) in [5.41, 5.74) is 5.52. The zero-order valence-corrected chi connectivity index (χ0v) is 23.9. The van der Waals surface area contributed by atoms with Gasteiger partial charge in [-0.05, 0) is 87.9 Å². The molecule has 0 bridgehead atoms. The van der Waals surface area contributed by atoms with Crippen LogP contribution in [0.5, 0.6) is 11.5 Å². The van der Waals surface area contributed by atoms with E-state index < -0.39 is 0 Å². The van der Waals surface area contributed by atoms with Gasteiger partial charge < -0.3 is 19.5 Å². The third-order valence-electron chi connectivity index (χ3n) is 6.69. The summed E-state index contributed by atoms with van der Waals surface area (Å²) in [6.45, 7) is 12.0. The average Bonchev–Trinajstić information content (AvgIpc) is 3.31. The van der Waals surface area contributed by atoms with E-state index in [2.05, 4.69) is 26.8 Å². The quantitative estimate of drug-likeness (QED) is 0.219. The number of ether oxygens (including phenoxy) is 1. The molecule has 208 valence electrons. The summed E-state index contributed by atoms with van der Waals surface area (Å²) >= 11 is 0. The van der Waals surface area contributed by atoms with Crippen LogP contribution in [0, 0.1) is 6.92 Å². The van der Waals surface area contributed by atoms with E-state index in [9.17, 15) is 4.79 Å². The maximum Gasteiger partial charge on any atom is 0.246 e. The Morgan fingerprint density at radius 2 is 1.90 bits per heavy atom. The summed E-state index contributed by atoms with van der Waals surface area (Å²) in [5.74, 6) is 1.96. The minimum atomic E-state index is -0.331. The summed E-state index contributed by atoms with van der Waals surface area (Å²) in [6.07, 6.45) is 8.46. The van der Waals surface area contributed by atoms with Crippen LogP contribution in [0.1, 0.15) is 32.0 Å². The third kappa shape index (κ3) is 6.09. The monoisotopic (exact) mass is 547 g/mol. The first-order valence-electron chi connectivity index (χ1n) is 13.3. The summed E-state index contributed by atoms with van der Waals surface area (Å²) in [7, 11) is 1.97. The van der Waals surface area contributed by atoms with Crippen LogP contribution < -0.4 is 10.1 Å². The fourth-order valence-corrected chi connectivity index (χ4v) is 4.51. The number of rotatable bonds is 8. The molecule has 0 atom stereocenters. The molecule has 0 aliphatic rings. The molecule has 41 heavy (non-hydrogen) atoms. The Bertz CT molecular complexity index is 1780. The molecule has 0 fully saturated rings. The molecule has 0 spiro atoms. The Morgan fingerprint density at radius 3 is 2.66 bits per heavy atom. The number of aromatic nitrogens is 5. The van der Waals surface area contributed by atoms with Crippen LogP contribution in [0.4, 0.5) is 11.5 Å². The predicted molar refractivity (Wildman–Crippen MR) is 163 cm³/mol. The van der Waals surface area contributed by atoms with Gasteiger partial charge in [0.1, 0.15) is 23.3 Å². The van der Waals surface area contributed by atoms with E-state index in [1.807, 2.05) is 100.0 Å². The van der Waals surface area contributed by atoms with E-state index >= 15 is 0 Å². The Labute approximate surface area is 239 Å². The van der Waals surface area contributed by atoms with E-state index in [0.717, 1.165) is 45.0 Å². The molecule has 0 unspecified atom stereocenters. The van der Waals surface area contributed by atoms with Crippen LogP contribution in [-0.2, 0) is 11.8 Å². The zero-order valence-electron chi connectivity index (χ0n) is 23.9. The summed E-state index contributed by atoms with van der Waals surface area (Å²) < 4.78 is 8.14. The fraction of sp³-hybridized carbons (Fsp3) is 0.219. The SMILES string of the molecule is C=CC(=O)N(CC=Cc1ccc2ncnc(Nc3ccc(Oc4ccc5c(c4)ncn5C)c(C)c3)c2n1)C(C)(C)C. The number of nitrogens with one attached hydrogen (secondary N) is 1. The number of aryl methyl sites for hydroxylation is 2. The van der Waals surface area contributed by atoms with Crippen molar-refractivity contribution in [2.45, 2.75) is 33.2 Å². The second kappa shape index (κ2) is 11.2. The molecule has 1 amide bonds. The van der Waals surface area contributed by atoms with E-state index in [1.54, 1.807) is 11.2 Å². The van der Waals surface area contributed by atoms with Gasteiger partial charge in [0, 0.05) is 30.9 Å². The lowest BCUT2D eigenvalue weighted by atomic mass is 10.1. The highest BCUT2D eigenvalue weighted by Crippen LogP contribution is 2.31. The number of benzene rings is 2. The van der Waals surface area contributed by atoms with Gasteiger partial charge in [0.2, 0.25) is 5.91 Å². The summed E-state index contributed by atoms with van der Waals surface area (Å²) in [6, 6.07) is 15.6. The van der Waals surface area contributed by atoms with Crippen LogP contribution >= 0.6 is 0 Å². The van der Waals surface area contributed by atoms with Crippen molar-refractivity contribution < 1.29 is 9.53 Å². The molecule has 9 nitrogen and oxygen atoms in total. The highest BCUT2D eigenvalue weighted by Gasteiger charge is 2.23. The van der Waals surface area contributed by atoms with Crippen LogP contribution in [0.25, 0.3) is 28.1 Å². The van der Waals surface area contributed by atoms with Crippen molar-refractivity contribution in [3.8, 4) is 11.5 Å². The first-order valence-corrected chi connectivity index (χ1v) is 13.3. The molecule has 0 saturated heterocycles. The van der Waals surface area contributed by atoms with Crippen LogP contribution in [0.3, 0.4) is 0 Å². The number of nitrogens with zero attached hydrogens (tertiary/aromatic N) is 6. The standard InChI is InChI=1S/C32H33N7O2/c1-7-29(40)39(32(3,4)5)16-8-9-22-10-13-25-30(36-22)31(34-19-33-25)37-23-11-15-28(21(2)17-23)41-24-12-14-27-26(18-24)35-20-38(27)6/h7-15,17-20H,1,16H2,2-6H3,(H,33,34,37). The van der Waals surface area contributed by atoms with Crippen molar-refractivity contribution in [3.63, 3.8) is 0 Å². The van der Waals surface area contributed by atoms with E-state index in [1.165, 1.54) is 12.4 Å². The highest BCUT2D eigenvalue weighted by molar-refractivity contribution is 5.88. The Kier molecular flexibility index (Phi) is 7.52. The van der Waals surface area contributed by atoms with E-state index in [4.69, 9.17) is 9.72 Å².